The molecule has 1 aliphatic rings. The van der Waals surface area contributed by atoms with Crippen molar-refractivity contribution in [3.63, 3.8) is 0 Å². The highest BCUT2D eigenvalue weighted by Crippen LogP contribution is 2.28. The van der Waals surface area contributed by atoms with Crippen molar-refractivity contribution in [2.24, 2.45) is 5.92 Å². The molecular weight excluding hydrogens is 268 g/mol. The van der Waals surface area contributed by atoms with Gasteiger partial charge >= 0.3 is 5.97 Å². The fourth-order valence-corrected chi connectivity index (χ4v) is 2.86. The Labute approximate surface area is 124 Å². The van der Waals surface area contributed by atoms with Gasteiger partial charge in [0.2, 0.25) is 5.91 Å². The Bertz CT molecular complexity index is 542. The van der Waals surface area contributed by atoms with Crippen molar-refractivity contribution in [2.45, 2.75) is 45.6 Å². The molecular formula is C16H22N2O3. The molecule has 0 saturated heterocycles. The van der Waals surface area contributed by atoms with Crippen LogP contribution in [0.3, 0.4) is 0 Å². The van der Waals surface area contributed by atoms with E-state index in [9.17, 15) is 9.59 Å². The molecule has 2 rings (SSSR count). The summed E-state index contributed by atoms with van der Waals surface area (Å²) < 4.78 is 0. The van der Waals surface area contributed by atoms with Gasteiger partial charge in [-0.1, -0.05) is 6.42 Å². The number of nitrogens with one attached hydrogen (secondary N) is 2. The average Bonchev–Trinajstić information content (AvgIpc) is 2.42. The number of carboxylic acids is 1. The predicted octanol–water partition coefficient (Wildman–Crippen LogP) is 3.01. The van der Waals surface area contributed by atoms with Crippen LogP contribution in [-0.2, 0) is 9.59 Å². The van der Waals surface area contributed by atoms with Gasteiger partial charge < -0.3 is 15.7 Å². The van der Waals surface area contributed by atoms with Crippen LogP contribution in [0.15, 0.2) is 18.2 Å². The van der Waals surface area contributed by atoms with Gasteiger partial charge in [0.1, 0.15) is 0 Å². The second-order valence-electron chi connectivity index (χ2n) is 5.75. The quantitative estimate of drug-likeness (QED) is 0.796. The molecule has 114 valence electrons. The largest absolute Gasteiger partial charge is 0.481 e. The van der Waals surface area contributed by atoms with Crippen LogP contribution in [0, 0.1) is 12.8 Å². The molecule has 0 aromatic heterocycles. The Kier molecular flexibility index (Phi) is 4.83. The van der Waals surface area contributed by atoms with Crippen LogP contribution in [0.4, 0.5) is 11.4 Å². The number of hydrogen-bond acceptors (Lipinski definition) is 3. The predicted molar refractivity (Wildman–Crippen MR) is 82.5 cm³/mol. The molecule has 5 nitrogen and oxygen atoms in total. The van der Waals surface area contributed by atoms with E-state index in [-0.39, 0.29) is 17.9 Å². The first-order valence-corrected chi connectivity index (χ1v) is 7.33. The zero-order chi connectivity index (χ0) is 15.4. The van der Waals surface area contributed by atoms with E-state index in [2.05, 4.69) is 10.6 Å². The number of hydrogen-bond donors (Lipinski definition) is 3. The molecule has 5 heteroatoms. The van der Waals surface area contributed by atoms with Gasteiger partial charge in [-0.05, 0) is 49.9 Å². The molecule has 2 atom stereocenters. The minimum Gasteiger partial charge on any atom is -0.481 e. The van der Waals surface area contributed by atoms with Crippen LogP contribution in [-0.4, -0.2) is 23.0 Å². The fraction of sp³-hybridized carbons (Fsp3) is 0.500. The Morgan fingerprint density at radius 3 is 2.67 bits per heavy atom. The molecule has 21 heavy (non-hydrogen) atoms. The third-order valence-electron chi connectivity index (χ3n) is 3.93. The zero-order valence-electron chi connectivity index (χ0n) is 12.5. The van der Waals surface area contributed by atoms with Gasteiger partial charge in [0, 0.05) is 24.3 Å². The molecule has 1 fully saturated rings. The Hall–Kier alpha value is -2.04. The molecule has 0 aliphatic heterocycles. The van der Waals surface area contributed by atoms with Gasteiger partial charge in [-0.3, -0.25) is 9.59 Å². The number of carbonyl (C=O) groups excluding carboxylic acids is 1. The summed E-state index contributed by atoms with van der Waals surface area (Å²) in [5.41, 5.74) is 2.76. The molecule has 0 bridgehead atoms. The maximum Gasteiger partial charge on any atom is 0.306 e. The topological polar surface area (TPSA) is 78.4 Å². The molecule has 1 aromatic rings. The van der Waals surface area contributed by atoms with E-state index >= 15 is 0 Å². The monoisotopic (exact) mass is 290 g/mol. The summed E-state index contributed by atoms with van der Waals surface area (Å²) >= 11 is 0. The summed E-state index contributed by atoms with van der Waals surface area (Å²) in [4.78, 5) is 22.2. The van der Waals surface area contributed by atoms with E-state index in [1.54, 1.807) is 0 Å². The highest BCUT2D eigenvalue weighted by molar-refractivity contribution is 5.89. The fourth-order valence-electron chi connectivity index (χ4n) is 2.86. The van der Waals surface area contributed by atoms with E-state index in [1.165, 1.54) is 6.92 Å². The van der Waals surface area contributed by atoms with Crippen molar-refractivity contribution in [3.8, 4) is 0 Å². The van der Waals surface area contributed by atoms with Gasteiger partial charge in [0.05, 0.1) is 5.92 Å². The Balaban J connectivity index is 2.01. The average molecular weight is 290 g/mol. The van der Waals surface area contributed by atoms with Gasteiger partial charge in [-0.15, -0.1) is 0 Å². The lowest BCUT2D eigenvalue weighted by Gasteiger charge is -2.28. The van der Waals surface area contributed by atoms with Crippen molar-refractivity contribution in [1.82, 2.24) is 0 Å². The summed E-state index contributed by atoms with van der Waals surface area (Å²) in [5.74, 6) is -1.02. The number of carboxylic acid groups (broad SMARTS) is 1. The molecule has 0 radical (unpaired) electrons. The van der Waals surface area contributed by atoms with Crippen molar-refractivity contribution in [2.75, 3.05) is 10.6 Å². The third-order valence-corrected chi connectivity index (χ3v) is 3.93. The molecule has 1 aromatic carbocycles. The van der Waals surface area contributed by atoms with Gasteiger partial charge in [0.15, 0.2) is 0 Å². The zero-order valence-corrected chi connectivity index (χ0v) is 12.5. The Morgan fingerprint density at radius 1 is 1.29 bits per heavy atom. The first-order valence-electron chi connectivity index (χ1n) is 7.33. The van der Waals surface area contributed by atoms with Crippen LogP contribution in [0.25, 0.3) is 0 Å². The Morgan fingerprint density at radius 2 is 2.05 bits per heavy atom. The van der Waals surface area contributed by atoms with Crippen molar-refractivity contribution < 1.29 is 14.7 Å². The second kappa shape index (κ2) is 6.61. The molecule has 0 spiro atoms. The normalized spacial score (nSPS) is 21.6. The lowest BCUT2D eigenvalue weighted by Crippen LogP contribution is -2.30. The molecule has 1 aliphatic carbocycles. The van der Waals surface area contributed by atoms with E-state index in [0.29, 0.717) is 6.42 Å². The minimum absolute atomic E-state index is 0.0876. The minimum atomic E-state index is -0.696. The molecule has 2 unspecified atom stereocenters. The first kappa shape index (κ1) is 15.4. The van der Waals surface area contributed by atoms with E-state index in [4.69, 9.17) is 5.11 Å². The summed E-state index contributed by atoms with van der Waals surface area (Å²) in [7, 11) is 0. The van der Waals surface area contributed by atoms with Gasteiger partial charge in [-0.25, -0.2) is 0 Å². The number of rotatable bonds is 4. The maximum atomic E-state index is 11.1. The summed E-state index contributed by atoms with van der Waals surface area (Å²) in [6.45, 7) is 3.43. The van der Waals surface area contributed by atoms with Gasteiger partial charge in [0.25, 0.3) is 0 Å². The molecule has 1 saturated carbocycles. The van der Waals surface area contributed by atoms with Crippen LogP contribution >= 0.6 is 0 Å². The van der Waals surface area contributed by atoms with Crippen molar-refractivity contribution >= 4 is 23.3 Å². The van der Waals surface area contributed by atoms with E-state index < -0.39 is 5.97 Å². The molecule has 1 amide bonds. The standard InChI is InChI=1S/C16H22N2O3/c1-10-8-14(6-7-15(10)17-11(2)19)18-13-5-3-4-12(9-13)16(20)21/h6-8,12-13,18H,3-5,9H2,1-2H3,(H,17,19)(H,20,21). The number of benzene rings is 1. The summed E-state index contributed by atoms with van der Waals surface area (Å²) in [6, 6.07) is 5.97. The van der Waals surface area contributed by atoms with Crippen LogP contribution < -0.4 is 10.6 Å². The first-order chi connectivity index (χ1) is 9.95. The molecule has 0 heterocycles. The number of aryl methyl sites for hydroxylation is 1. The highest BCUT2D eigenvalue weighted by atomic mass is 16.4. The summed E-state index contributed by atoms with van der Waals surface area (Å²) in [5, 5.41) is 15.3. The van der Waals surface area contributed by atoms with Crippen molar-refractivity contribution in [1.29, 1.82) is 0 Å². The smallest absolute Gasteiger partial charge is 0.306 e. The van der Waals surface area contributed by atoms with Crippen LogP contribution in [0.2, 0.25) is 0 Å². The number of aliphatic carboxylic acids is 1. The maximum absolute atomic E-state index is 11.1. The van der Waals surface area contributed by atoms with E-state index in [1.807, 2.05) is 25.1 Å². The SMILES string of the molecule is CC(=O)Nc1ccc(NC2CCCC(C(=O)O)C2)cc1C. The summed E-state index contributed by atoms with van der Waals surface area (Å²) in [6.07, 6.45) is 3.38. The number of carbonyl (C=O) groups is 2. The van der Waals surface area contributed by atoms with Crippen LogP contribution in [0.1, 0.15) is 38.2 Å². The van der Waals surface area contributed by atoms with Crippen LogP contribution in [0.5, 0.6) is 0 Å². The lowest BCUT2D eigenvalue weighted by atomic mass is 9.85. The lowest BCUT2D eigenvalue weighted by molar-refractivity contribution is -0.142. The van der Waals surface area contributed by atoms with E-state index in [0.717, 1.165) is 36.2 Å². The highest BCUT2D eigenvalue weighted by Gasteiger charge is 2.26. The third kappa shape index (κ3) is 4.21. The van der Waals surface area contributed by atoms with Gasteiger partial charge in [-0.2, -0.15) is 0 Å². The van der Waals surface area contributed by atoms with Crippen molar-refractivity contribution in [3.05, 3.63) is 23.8 Å². The number of anilines is 2. The second-order valence-corrected chi connectivity index (χ2v) is 5.75. The number of amides is 1. The molecule has 3 N–H and O–H groups in total.